The summed E-state index contributed by atoms with van der Waals surface area (Å²) >= 11 is 0. The number of aliphatic imine (C=N–C) groups is 1. The van der Waals surface area contributed by atoms with Gasteiger partial charge < -0.3 is 4.74 Å². The van der Waals surface area contributed by atoms with Gasteiger partial charge in [-0.25, -0.2) is 0 Å². The van der Waals surface area contributed by atoms with Crippen LogP contribution in [0.25, 0.3) is 11.1 Å². The fourth-order valence-corrected chi connectivity index (χ4v) is 2.59. The lowest BCUT2D eigenvalue weighted by Crippen LogP contribution is -2.26. The van der Waals surface area contributed by atoms with E-state index in [4.69, 9.17) is 4.74 Å². The average Bonchev–Trinajstić information content (AvgIpc) is 2.68. The summed E-state index contributed by atoms with van der Waals surface area (Å²) < 4.78 is 5.24. The van der Waals surface area contributed by atoms with Crippen LogP contribution in [0.5, 0.6) is 0 Å². The molecule has 0 bridgehead atoms. The van der Waals surface area contributed by atoms with Crippen molar-refractivity contribution in [3.8, 4) is 11.1 Å². The number of nitrogens with zero attached hydrogens (tertiary/aromatic N) is 2. The molecule has 0 aliphatic heterocycles. The van der Waals surface area contributed by atoms with E-state index < -0.39 is 11.9 Å². The van der Waals surface area contributed by atoms with Crippen molar-refractivity contribution >= 4 is 23.7 Å². The molecule has 0 aliphatic carbocycles. The Morgan fingerprint density at radius 2 is 1.89 bits per heavy atom. The van der Waals surface area contributed by atoms with E-state index >= 15 is 0 Å². The molecule has 5 heteroatoms. The summed E-state index contributed by atoms with van der Waals surface area (Å²) in [5.74, 6) is -1.78. The highest BCUT2D eigenvalue weighted by Crippen LogP contribution is 2.23. The van der Waals surface area contributed by atoms with Crippen molar-refractivity contribution in [2.45, 2.75) is 39.5 Å². The van der Waals surface area contributed by atoms with Gasteiger partial charge in [-0.2, -0.15) is 0 Å². The largest absolute Gasteiger partial charge is 0.465 e. The molecule has 142 valence electrons. The third-order valence-electron chi connectivity index (χ3n) is 4.17. The summed E-state index contributed by atoms with van der Waals surface area (Å²) in [5, 5.41) is 0. The Hall–Kier alpha value is -2.82. The van der Waals surface area contributed by atoms with E-state index in [1.807, 2.05) is 36.4 Å². The molecule has 0 saturated heterocycles. The van der Waals surface area contributed by atoms with E-state index in [1.165, 1.54) is 13.1 Å². The number of hydrogen-bond acceptors (Lipinski definition) is 5. The fraction of sp³-hybridized carbons (Fsp3) is 0.364. The number of esters is 1. The topological polar surface area (TPSA) is 68.6 Å². The van der Waals surface area contributed by atoms with Gasteiger partial charge in [0.25, 0.3) is 0 Å². The number of carbonyl (C=O) groups excluding carboxylic acids is 2. The van der Waals surface area contributed by atoms with Crippen LogP contribution < -0.4 is 0 Å². The molecular weight excluding hydrogens is 340 g/mol. The van der Waals surface area contributed by atoms with Gasteiger partial charge >= 0.3 is 5.97 Å². The number of benzene rings is 1. The van der Waals surface area contributed by atoms with Gasteiger partial charge in [-0.05, 0) is 48.7 Å². The number of ether oxygens (including phenoxy) is 1. The highest BCUT2D eigenvalue weighted by Gasteiger charge is 2.22. The lowest BCUT2D eigenvalue weighted by Gasteiger charge is -2.09. The first-order valence-corrected chi connectivity index (χ1v) is 9.33. The van der Waals surface area contributed by atoms with Crippen LogP contribution in [0.3, 0.4) is 0 Å². The summed E-state index contributed by atoms with van der Waals surface area (Å²) in [5.41, 5.74) is 2.69. The summed E-state index contributed by atoms with van der Waals surface area (Å²) in [7, 11) is 0. The highest BCUT2D eigenvalue weighted by atomic mass is 16.5. The fourth-order valence-electron chi connectivity index (χ4n) is 2.59. The second kappa shape index (κ2) is 11.0. The van der Waals surface area contributed by atoms with Crippen molar-refractivity contribution in [3.63, 3.8) is 0 Å². The molecule has 0 saturated carbocycles. The van der Waals surface area contributed by atoms with Crippen LogP contribution in [0.2, 0.25) is 0 Å². The van der Waals surface area contributed by atoms with Crippen molar-refractivity contribution in [1.29, 1.82) is 0 Å². The molecule has 1 aromatic carbocycles. The van der Waals surface area contributed by atoms with Gasteiger partial charge in [0, 0.05) is 18.6 Å². The van der Waals surface area contributed by atoms with Crippen LogP contribution in [-0.4, -0.2) is 29.6 Å². The second-order valence-electron chi connectivity index (χ2n) is 6.38. The van der Waals surface area contributed by atoms with Crippen molar-refractivity contribution in [2.75, 3.05) is 6.61 Å². The number of aromatic nitrogens is 1. The van der Waals surface area contributed by atoms with Gasteiger partial charge in [0.15, 0.2) is 5.92 Å². The van der Waals surface area contributed by atoms with E-state index in [2.05, 4.69) is 16.9 Å². The third-order valence-corrected chi connectivity index (χ3v) is 4.17. The van der Waals surface area contributed by atoms with Crippen molar-refractivity contribution in [3.05, 3.63) is 48.8 Å². The summed E-state index contributed by atoms with van der Waals surface area (Å²) in [6, 6.07) is 11.4. The molecule has 0 fully saturated rings. The molecular formula is C22H26N2O3. The van der Waals surface area contributed by atoms with E-state index in [-0.39, 0.29) is 5.78 Å². The zero-order chi connectivity index (χ0) is 19.5. The number of ketones is 1. The molecule has 1 heterocycles. The number of unbranched alkanes of at least 4 members (excludes halogenated alkanes) is 3. The molecule has 0 spiro atoms. The summed E-state index contributed by atoms with van der Waals surface area (Å²) in [6.07, 6.45) is 8.90. The van der Waals surface area contributed by atoms with Crippen molar-refractivity contribution in [1.82, 2.24) is 4.98 Å². The Kier molecular flexibility index (Phi) is 8.36. The Bertz CT molecular complexity index is 772. The molecule has 1 aromatic heterocycles. The maximum atomic E-state index is 12.2. The minimum Gasteiger partial charge on any atom is -0.465 e. The molecule has 2 aromatic rings. The maximum Gasteiger partial charge on any atom is 0.321 e. The van der Waals surface area contributed by atoms with Gasteiger partial charge in [-0.1, -0.05) is 38.3 Å². The first kappa shape index (κ1) is 20.5. The Labute approximate surface area is 160 Å². The van der Waals surface area contributed by atoms with E-state index in [1.54, 1.807) is 12.4 Å². The van der Waals surface area contributed by atoms with Gasteiger partial charge in [0.05, 0.1) is 12.3 Å². The minimum atomic E-state index is -0.972. The molecule has 0 radical (unpaired) electrons. The zero-order valence-electron chi connectivity index (χ0n) is 15.9. The lowest BCUT2D eigenvalue weighted by molar-refractivity contribution is -0.148. The van der Waals surface area contributed by atoms with Crippen LogP contribution >= 0.6 is 0 Å². The number of hydrogen-bond donors (Lipinski definition) is 0. The molecule has 0 amide bonds. The standard InChI is InChI=1S/C22H26N2O3/c1-3-4-5-6-14-27-22(26)21(17(2)25)16-24-20-9-7-8-19(15-20)18-10-12-23-13-11-18/h7-13,15-16,21H,3-6,14H2,1-2H3. The van der Waals surface area contributed by atoms with Crippen LogP contribution in [-0.2, 0) is 14.3 Å². The number of pyridine rings is 1. The monoisotopic (exact) mass is 366 g/mol. The maximum absolute atomic E-state index is 12.2. The summed E-state index contributed by atoms with van der Waals surface area (Å²) in [4.78, 5) is 32.4. The quantitative estimate of drug-likeness (QED) is 0.263. The number of carbonyl (C=O) groups is 2. The molecule has 1 unspecified atom stereocenters. The third kappa shape index (κ3) is 6.77. The first-order valence-electron chi connectivity index (χ1n) is 9.33. The smallest absolute Gasteiger partial charge is 0.321 e. The SMILES string of the molecule is CCCCCCOC(=O)C(C=Nc1cccc(-c2ccncc2)c1)C(C)=O. The predicted molar refractivity (Wildman–Crippen MR) is 107 cm³/mol. The van der Waals surface area contributed by atoms with Gasteiger partial charge in [0.2, 0.25) is 0 Å². The summed E-state index contributed by atoms with van der Waals surface area (Å²) in [6.45, 7) is 3.84. The van der Waals surface area contributed by atoms with Gasteiger partial charge in [0.1, 0.15) is 5.78 Å². The molecule has 5 nitrogen and oxygen atoms in total. The average molecular weight is 366 g/mol. The predicted octanol–water partition coefficient (Wildman–Crippen LogP) is 4.78. The Morgan fingerprint density at radius 1 is 1.11 bits per heavy atom. The first-order chi connectivity index (χ1) is 13.1. The van der Waals surface area contributed by atoms with Gasteiger partial charge in [-0.3, -0.25) is 19.6 Å². The number of Topliss-reactive ketones (excluding diaryl/α,β-unsaturated/α-hetero) is 1. The lowest BCUT2D eigenvalue weighted by atomic mass is 10.1. The minimum absolute atomic E-state index is 0.275. The van der Waals surface area contributed by atoms with E-state index in [0.717, 1.165) is 36.8 Å². The van der Waals surface area contributed by atoms with Gasteiger partial charge in [-0.15, -0.1) is 0 Å². The van der Waals surface area contributed by atoms with Crippen LogP contribution in [0.4, 0.5) is 5.69 Å². The normalized spacial score (nSPS) is 12.1. The second-order valence-corrected chi connectivity index (χ2v) is 6.38. The Morgan fingerprint density at radius 3 is 2.59 bits per heavy atom. The van der Waals surface area contributed by atoms with Crippen molar-refractivity contribution in [2.24, 2.45) is 10.9 Å². The Balaban J connectivity index is 2.02. The molecule has 2 rings (SSSR count). The molecule has 0 N–H and O–H groups in total. The van der Waals surface area contributed by atoms with E-state index in [0.29, 0.717) is 12.3 Å². The molecule has 1 atom stereocenters. The highest BCUT2D eigenvalue weighted by molar-refractivity contribution is 6.11. The number of rotatable bonds is 10. The molecule has 27 heavy (non-hydrogen) atoms. The zero-order valence-corrected chi connectivity index (χ0v) is 15.9. The molecule has 0 aliphatic rings. The van der Waals surface area contributed by atoms with Crippen LogP contribution in [0.1, 0.15) is 39.5 Å². The van der Waals surface area contributed by atoms with Crippen molar-refractivity contribution < 1.29 is 14.3 Å². The van der Waals surface area contributed by atoms with Crippen LogP contribution in [0.15, 0.2) is 53.8 Å². The van der Waals surface area contributed by atoms with Crippen LogP contribution in [0, 0.1) is 5.92 Å². The van der Waals surface area contributed by atoms with E-state index in [9.17, 15) is 9.59 Å².